The molecule has 2 rings (SSSR count). The topological polar surface area (TPSA) is 12.0 Å². The van der Waals surface area contributed by atoms with Crippen molar-refractivity contribution in [2.75, 3.05) is 7.05 Å². The lowest BCUT2D eigenvalue weighted by molar-refractivity contribution is 0.592. The van der Waals surface area contributed by atoms with Crippen LogP contribution in [0.3, 0.4) is 0 Å². The van der Waals surface area contributed by atoms with Crippen LogP contribution in [0.5, 0.6) is 0 Å². The Morgan fingerprint density at radius 3 is 2.33 bits per heavy atom. The van der Waals surface area contributed by atoms with Gasteiger partial charge in [-0.2, -0.15) is 0 Å². The van der Waals surface area contributed by atoms with E-state index in [9.17, 15) is 0 Å². The highest BCUT2D eigenvalue weighted by Crippen LogP contribution is 2.22. The summed E-state index contributed by atoms with van der Waals surface area (Å²) in [6, 6.07) is 16.1. The number of rotatable bonds is 4. The van der Waals surface area contributed by atoms with Crippen LogP contribution in [-0.4, -0.2) is 7.05 Å². The smallest absolute Gasteiger partial charge is 0.0409 e. The molecule has 0 fully saturated rings. The van der Waals surface area contributed by atoms with Crippen LogP contribution in [0.4, 0.5) is 0 Å². The average molecular weight is 280 g/mol. The molecule has 1 unspecified atom stereocenters. The molecule has 18 heavy (non-hydrogen) atoms. The van der Waals surface area contributed by atoms with E-state index < -0.39 is 0 Å². The first-order valence-electron chi connectivity index (χ1n) is 5.86. The number of hydrogen-bond acceptors (Lipinski definition) is 1. The van der Waals surface area contributed by atoms with Gasteiger partial charge >= 0.3 is 0 Å². The summed E-state index contributed by atoms with van der Waals surface area (Å²) in [4.78, 5) is 0. The number of halogens is 2. The molecule has 2 aromatic rings. The van der Waals surface area contributed by atoms with Crippen LogP contribution in [0.2, 0.25) is 10.0 Å². The van der Waals surface area contributed by atoms with Crippen LogP contribution in [0, 0.1) is 0 Å². The highest BCUT2D eigenvalue weighted by Gasteiger charge is 2.10. The second-order valence-corrected chi connectivity index (χ2v) is 5.10. The normalized spacial score (nSPS) is 12.4. The summed E-state index contributed by atoms with van der Waals surface area (Å²) in [7, 11) is 1.96. The van der Waals surface area contributed by atoms with Gasteiger partial charge in [0.25, 0.3) is 0 Å². The molecular formula is C15H15Cl2N. The highest BCUT2D eigenvalue weighted by molar-refractivity contribution is 6.30. The fourth-order valence-electron chi connectivity index (χ4n) is 1.97. The van der Waals surface area contributed by atoms with Crippen LogP contribution in [0.15, 0.2) is 48.5 Å². The van der Waals surface area contributed by atoms with Gasteiger partial charge in [0, 0.05) is 16.1 Å². The Balaban J connectivity index is 2.17. The molecule has 0 saturated heterocycles. The van der Waals surface area contributed by atoms with Crippen molar-refractivity contribution in [1.82, 2.24) is 5.32 Å². The third kappa shape index (κ3) is 3.49. The van der Waals surface area contributed by atoms with Crippen molar-refractivity contribution < 1.29 is 0 Å². The molecule has 0 aliphatic carbocycles. The Bertz CT molecular complexity index is 508. The van der Waals surface area contributed by atoms with Gasteiger partial charge in [-0.3, -0.25) is 0 Å². The lowest BCUT2D eigenvalue weighted by Gasteiger charge is -2.17. The summed E-state index contributed by atoms with van der Waals surface area (Å²) in [5, 5.41) is 4.85. The van der Waals surface area contributed by atoms with Crippen molar-refractivity contribution in [1.29, 1.82) is 0 Å². The van der Waals surface area contributed by atoms with E-state index in [0.717, 1.165) is 16.5 Å². The van der Waals surface area contributed by atoms with Gasteiger partial charge < -0.3 is 5.32 Å². The largest absolute Gasteiger partial charge is 0.313 e. The quantitative estimate of drug-likeness (QED) is 0.869. The van der Waals surface area contributed by atoms with Gasteiger partial charge in [0.05, 0.1) is 0 Å². The van der Waals surface area contributed by atoms with E-state index in [0.29, 0.717) is 0 Å². The van der Waals surface area contributed by atoms with Crippen LogP contribution >= 0.6 is 23.2 Å². The molecule has 0 aliphatic rings. The molecule has 1 atom stereocenters. The van der Waals surface area contributed by atoms with E-state index in [-0.39, 0.29) is 6.04 Å². The molecule has 3 heteroatoms. The molecule has 1 nitrogen and oxygen atoms in total. The Morgan fingerprint density at radius 2 is 1.72 bits per heavy atom. The lowest BCUT2D eigenvalue weighted by Crippen LogP contribution is -2.18. The SMILES string of the molecule is CNC(Cc1ccc(Cl)cc1)c1cccc(Cl)c1. The molecule has 0 amide bonds. The van der Waals surface area contributed by atoms with Gasteiger partial charge in [0.15, 0.2) is 0 Å². The van der Waals surface area contributed by atoms with Crippen molar-refractivity contribution in [3.8, 4) is 0 Å². The molecule has 0 bridgehead atoms. The standard InChI is InChI=1S/C15H15Cl2N/c1-18-15(12-3-2-4-14(17)10-12)9-11-5-7-13(16)8-6-11/h2-8,10,15,18H,9H2,1H3. The van der Waals surface area contributed by atoms with Crippen molar-refractivity contribution in [2.24, 2.45) is 0 Å². The second kappa shape index (κ2) is 6.24. The number of nitrogens with one attached hydrogen (secondary N) is 1. The molecule has 2 aromatic carbocycles. The van der Waals surface area contributed by atoms with Gasteiger partial charge in [-0.1, -0.05) is 47.5 Å². The van der Waals surface area contributed by atoms with Crippen LogP contribution in [0.25, 0.3) is 0 Å². The summed E-state index contributed by atoms with van der Waals surface area (Å²) in [6.07, 6.45) is 0.911. The van der Waals surface area contributed by atoms with E-state index in [2.05, 4.69) is 23.5 Å². The molecule has 0 spiro atoms. The predicted molar refractivity (Wildman–Crippen MR) is 78.4 cm³/mol. The monoisotopic (exact) mass is 279 g/mol. The molecule has 0 heterocycles. The fraction of sp³-hybridized carbons (Fsp3) is 0.200. The van der Waals surface area contributed by atoms with E-state index >= 15 is 0 Å². The van der Waals surface area contributed by atoms with Gasteiger partial charge in [-0.25, -0.2) is 0 Å². The summed E-state index contributed by atoms with van der Waals surface area (Å²) in [5.41, 5.74) is 2.44. The Kier molecular flexibility index (Phi) is 4.65. The van der Waals surface area contributed by atoms with E-state index in [4.69, 9.17) is 23.2 Å². The maximum Gasteiger partial charge on any atom is 0.0409 e. The van der Waals surface area contributed by atoms with E-state index in [1.165, 1.54) is 11.1 Å². The third-order valence-electron chi connectivity index (χ3n) is 2.95. The van der Waals surface area contributed by atoms with Gasteiger partial charge in [-0.15, -0.1) is 0 Å². The van der Waals surface area contributed by atoms with Crippen molar-refractivity contribution >= 4 is 23.2 Å². The van der Waals surface area contributed by atoms with Crippen molar-refractivity contribution in [3.63, 3.8) is 0 Å². The van der Waals surface area contributed by atoms with E-state index in [1.807, 2.05) is 37.4 Å². The molecule has 0 saturated carbocycles. The second-order valence-electron chi connectivity index (χ2n) is 4.23. The molecule has 0 aliphatic heterocycles. The number of benzene rings is 2. The Labute approximate surface area is 118 Å². The van der Waals surface area contributed by atoms with Crippen LogP contribution in [0.1, 0.15) is 17.2 Å². The number of likely N-dealkylation sites (N-methyl/N-ethyl adjacent to an activating group) is 1. The number of hydrogen-bond donors (Lipinski definition) is 1. The predicted octanol–water partition coefficient (Wildman–Crippen LogP) is 4.50. The minimum absolute atomic E-state index is 0.255. The summed E-state index contributed by atoms with van der Waals surface area (Å²) < 4.78 is 0. The average Bonchev–Trinajstić information content (AvgIpc) is 2.38. The molecule has 0 aromatic heterocycles. The zero-order chi connectivity index (χ0) is 13.0. The van der Waals surface area contributed by atoms with Crippen molar-refractivity contribution in [3.05, 3.63) is 69.7 Å². The minimum Gasteiger partial charge on any atom is -0.313 e. The van der Waals surface area contributed by atoms with Gasteiger partial charge in [-0.05, 0) is 48.9 Å². The van der Waals surface area contributed by atoms with Gasteiger partial charge in [0.1, 0.15) is 0 Å². The maximum absolute atomic E-state index is 6.02. The fourth-order valence-corrected chi connectivity index (χ4v) is 2.29. The molecule has 0 radical (unpaired) electrons. The highest BCUT2D eigenvalue weighted by atomic mass is 35.5. The van der Waals surface area contributed by atoms with Crippen LogP contribution in [-0.2, 0) is 6.42 Å². The molecule has 94 valence electrons. The Morgan fingerprint density at radius 1 is 1.00 bits per heavy atom. The minimum atomic E-state index is 0.255. The Hall–Kier alpha value is -1.02. The zero-order valence-corrected chi connectivity index (χ0v) is 11.7. The maximum atomic E-state index is 6.02. The zero-order valence-electron chi connectivity index (χ0n) is 10.2. The summed E-state index contributed by atoms with van der Waals surface area (Å²) in [6.45, 7) is 0. The summed E-state index contributed by atoms with van der Waals surface area (Å²) in [5.74, 6) is 0. The third-order valence-corrected chi connectivity index (χ3v) is 3.44. The van der Waals surface area contributed by atoms with Crippen LogP contribution < -0.4 is 5.32 Å². The first-order chi connectivity index (χ1) is 8.69. The first kappa shape index (κ1) is 13.4. The molecular weight excluding hydrogens is 265 g/mol. The van der Waals surface area contributed by atoms with Gasteiger partial charge in [0.2, 0.25) is 0 Å². The van der Waals surface area contributed by atoms with E-state index in [1.54, 1.807) is 0 Å². The summed E-state index contributed by atoms with van der Waals surface area (Å²) >= 11 is 11.9. The van der Waals surface area contributed by atoms with Crippen molar-refractivity contribution in [2.45, 2.75) is 12.5 Å². The first-order valence-corrected chi connectivity index (χ1v) is 6.62. The lowest BCUT2D eigenvalue weighted by atomic mass is 9.99. The molecule has 1 N–H and O–H groups in total.